The Kier molecular flexibility index (Phi) is 5.06. The Morgan fingerprint density at radius 3 is 2.35 bits per heavy atom. The largest absolute Gasteiger partial charge is 0.481 e. The summed E-state index contributed by atoms with van der Waals surface area (Å²) in [5.74, 6) is -1.31. The van der Waals surface area contributed by atoms with Crippen molar-refractivity contribution in [2.45, 2.75) is 25.4 Å². The van der Waals surface area contributed by atoms with Gasteiger partial charge in [0.15, 0.2) is 0 Å². The summed E-state index contributed by atoms with van der Waals surface area (Å²) in [5, 5.41) is 9.03. The van der Waals surface area contributed by atoms with Gasteiger partial charge in [-0.3, -0.25) is 9.59 Å². The fraction of sp³-hybridized carbons (Fsp3) is 0.467. The van der Waals surface area contributed by atoms with Crippen molar-refractivity contribution in [3.63, 3.8) is 0 Å². The van der Waals surface area contributed by atoms with E-state index >= 15 is 0 Å². The number of carboxylic acid groups (broad SMARTS) is 1. The fourth-order valence-electron chi connectivity index (χ4n) is 2.81. The Labute approximate surface area is 135 Å². The first-order valence-corrected chi connectivity index (χ1v) is 9.09. The summed E-state index contributed by atoms with van der Waals surface area (Å²) in [5.41, 5.74) is 0.501. The van der Waals surface area contributed by atoms with Crippen LogP contribution in [0.3, 0.4) is 0 Å². The fourth-order valence-corrected chi connectivity index (χ4v) is 3.98. The highest BCUT2D eigenvalue weighted by Crippen LogP contribution is 2.22. The maximum absolute atomic E-state index is 12.6. The number of benzene rings is 1. The summed E-state index contributed by atoms with van der Waals surface area (Å²) in [7, 11) is -3.54. The van der Waals surface area contributed by atoms with Gasteiger partial charge in [-0.25, -0.2) is 8.42 Å². The number of piperazine rings is 1. The lowest BCUT2D eigenvalue weighted by Crippen LogP contribution is -2.60. The zero-order valence-corrected chi connectivity index (χ0v) is 13.9. The summed E-state index contributed by atoms with van der Waals surface area (Å²) >= 11 is 0. The summed E-state index contributed by atoms with van der Waals surface area (Å²) < 4.78 is 25.0. The molecule has 0 spiro atoms. The van der Waals surface area contributed by atoms with Crippen LogP contribution in [-0.4, -0.2) is 66.0 Å². The van der Waals surface area contributed by atoms with Crippen LogP contribution in [0.5, 0.6) is 0 Å². The maximum Gasteiger partial charge on any atom is 0.305 e. The number of aliphatic carboxylic acids is 1. The SMILES string of the molecule is C[C@@H]1CN(S(C)(=O)=O)[C@@H](CC(=O)O)CN1C(=O)c1ccccc1. The number of sulfonamides is 1. The molecule has 1 aliphatic heterocycles. The van der Waals surface area contributed by atoms with Gasteiger partial charge in [-0.15, -0.1) is 0 Å². The summed E-state index contributed by atoms with van der Waals surface area (Å²) in [4.78, 5) is 25.2. The molecule has 2 atom stereocenters. The highest BCUT2D eigenvalue weighted by molar-refractivity contribution is 7.88. The molecule has 1 amide bonds. The normalized spacial score (nSPS) is 22.8. The molecule has 1 fully saturated rings. The van der Waals surface area contributed by atoms with Crippen LogP contribution >= 0.6 is 0 Å². The molecule has 1 aliphatic rings. The van der Waals surface area contributed by atoms with Gasteiger partial charge >= 0.3 is 5.97 Å². The molecule has 0 bridgehead atoms. The van der Waals surface area contributed by atoms with E-state index in [1.54, 1.807) is 42.2 Å². The van der Waals surface area contributed by atoms with Crippen LogP contribution in [0.2, 0.25) is 0 Å². The van der Waals surface area contributed by atoms with Crippen molar-refractivity contribution in [2.24, 2.45) is 0 Å². The second-order valence-corrected chi connectivity index (χ2v) is 7.69. The highest BCUT2D eigenvalue weighted by atomic mass is 32.2. The van der Waals surface area contributed by atoms with Gasteiger partial charge in [0.25, 0.3) is 5.91 Å². The van der Waals surface area contributed by atoms with E-state index in [0.717, 1.165) is 6.26 Å². The predicted octanol–water partition coefficient (Wildman–Crippen LogP) is 0.636. The summed E-state index contributed by atoms with van der Waals surface area (Å²) in [6.07, 6.45) is 0.724. The molecule has 1 heterocycles. The van der Waals surface area contributed by atoms with E-state index in [4.69, 9.17) is 5.11 Å². The molecule has 0 unspecified atom stereocenters. The third kappa shape index (κ3) is 4.08. The number of carbonyl (C=O) groups excluding carboxylic acids is 1. The Morgan fingerprint density at radius 2 is 1.83 bits per heavy atom. The molecule has 8 heteroatoms. The van der Waals surface area contributed by atoms with Crippen LogP contribution < -0.4 is 0 Å². The molecule has 1 saturated heterocycles. The van der Waals surface area contributed by atoms with Crippen LogP contribution in [0.15, 0.2) is 30.3 Å². The van der Waals surface area contributed by atoms with Crippen LogP contribution in [0.1, 0.15) is 23.7 Å². The van der Waals surface area contributed by atoms with E-state index in [0.29, 0.717) is 5.56 Å². The number of carbonyl (C=O) groups is 2. The minimum absolute atomic E-state index is 0.0638. The number of nitrogens with zero attached hydrogens (tertiary/aromatic N) is 2. The van der Waals surface area contributed by atoms with Crippen molar-refractivity contribution in [1.29, 1.82) is 0 Å². The molecule has 126 valence electrons. The zero-order chi connectivity index (χ0) is 17.2. The Morgan fingerprint density at radius 1 is 1.22 bits per heavy atom. The van der Waals surface area contributed by atoms with Gasteiger partial charge in [0.1, 0.15) is 0 Å². The van der Waals surface area contributed by atoms with Crippen LogP contribution in [0.4, 0.5) is 0 Å². The molecule has 23 heavy (non-hydrogen) atoms. The molecule has 0 saturated carbocycles. The molecular formula is C15H20N2O5S. The standard InChI is InChI=1S/C15H20N2O5S/c1-11-9-17(23(2,21)22)13(8-14(18)19)10-16(11)15(20)12-6-4-3-5-7-12/h3-7,11,13H,8-10H2,1-2H3,(H,18,19)/t11-,13+/m1/s1. The quantitative estimate of drug-likeness (QED) is 0.868. The first kappa shape index (κ1) is 17.4. The smallest absolute Gasteiger partial charge is 0.305 e. The van der Waals surface area contributed by atoms with Gasteiger partial charge in [0, 0.05) is 24.7 Å². The zero-order valence-electron chi connectivity index (χ0n) is 13.0. The Balaban J connectivity index is 2.27. The molecule has 1 aromatic carbocycles. The lowest BCUT2D eigenvalue weighted by atomic mass is 10.1. The average molecular weight is 340 g/mol. The van der Waals surface area contributed by atoms with E-state index in [-0.39, 0.29) is 31.5 Å². The van der Waals surface area contributed by atoms with Crippen LogP contribution in [0, 0.1) is 0 Å². The number of hydrogen-bond donors (Lipinski definition) is 1. The van der Waals surface area contributed by atoms with E-state index in [9.17, 15) is 18.0 Å². The minimum Gasteiger partial charge on any atom is -0.481 e. The second kappa shape index (κ2) is 6.67. The lowest BCUT2D eigenvalue weighted by Gasteiger charge is -2.43. The van der Waals surface area contributed by atoms with E-state index < -0.39 is 22.0 Å². The van der Waals surface area contributed by atoms with Crippen molar-refractivity contribution in [1.82, 2.24) is 9.21 Å². The number of carboxylic acids is 1. The second-order valence-electron chi connectivity index (χ2n) is 5.76. The third-order valence-corrected chi connectivity index (χ3v) is 5.21. The van der Waals surface area contributed by atoms with Gasteiger partial charge in [0.05, 0.1) is 18.7 Å². The average Bonchev–Trinajstić information content (AvgIpc) is 2.47. The van der Waals surface area contributed by atoms with Gasteiger partial charge in [-0.2, -0.15) is 4.31 Å². The van der Waals surface area contributed by atoms with Crippen molar-refractivity contribution < 1.29 is 23.1 Å². The van der Waals surface area contributed by atoms with E-state index in [1.807, 2.05) is 0 Å². The first-order chi connectivity index (χ1) is 10.7. The topological polar surface area (TPSA) is 95.0 Å². The third-order valence-electron chi connectivity index (χ3n) is 3.91. The molecule has 7 nitrogen and oxygen atoms in total. The van der Waals surface area contributed by atoms with Gasteiger partial charge in [-0.1, -0.05) is 18.2 Å². The molecule has 2 rings (SSSR count). The monoisotopic (exact) mass is 340 g/mol. The summed E-state index contributed by atoms with van der Waals surface area (Å²) in [6.45, 7) is 1.92. The van der Waals surface area contributed by atoms with Gasteiger partial charge in [0.2, 0.25) is 10.0 Å². The minimum atomic E-state index is -3.54. The number of rotatable bonds is 4. The molecular weight excluding hydrogens is 320 g/mol. The van der Waals surface area contributed by atoms with Crippen molar-refractivity contribution in [3.8, 4) is 0 Å². The molecule has 0 aliphatic carbocycles. The van der Waals surface area contributed by atoms with Crippen molar-refractivity contribution in [2.75, 3.05) is 19.3 Å². The summed E-state index contributed by atoms with van der Waals surface area (Å²) in [6, 6.07) is 7.58. The Hall–Kier alpha value is -1.93. The molecule has 1 aromatic rings. The molecule has 0 radical (unpaired) electrons. The lowest BCUT2D eigenvalue weighted by molar-refractivity contribution is -0.138. The van der Waals surface area contributed by atoms with Crippen molar-refractivity contribution in [3.05, 3.63) is 35.9 Å². The van der Waals surface area contributed by atoms with E-state index in [1.165, 1.54) is 4.31 Å². The first-order valence-electron chi connectivity index (χ1n) is 7.24. The Bertz CT molecular complexity index is 689. The molecule has 0 aromatic heterocycles. The highest BCUT2D eigenvalue weighted by Gasteiger charge is 2.39. The number of amides is 1. The predicted molar refractivity (Wildman–Crippen MR) is 84.5 cm³/mol. The van der Waals surface area contributed by atoms with Crippen LogP contribution in [0.25, 0.3) is 0 Å². The van der Waals surface area contributed by atoms with Crippen molar-refractivity contribution >= 4 is 21.9 Å². The van der Waals surface area contributed by atoms with Gasteiger partial charge in [-0.05, 0) is 19.1 Å². The van der Waals surface area contributed by atoms with Gasteiger partial charge < -0.3 is 10.0 Å². The maximum atomic E-state index is 12.6. The van der Waals surface area contributed by atoms with Crippen LogP contribution in [-0.2, 0) is 14.8 Å². The number of hydrogen-bond acceptors (Lipinski definition) is 4. The molecule has 1 N–H and O–H groups in total. The van der Waals surface area contributed by atoms with E-state index in [2.05, 4.69) is 0 Å².